The van der Waals surface area contributed by atoms with Crippen molar-refractivity contribution in [2.75, 3.05) is 5.75 Å². The lowest BCUT2D eigenvalue weighted by Crippen LogP contribution is -2.21. The van der Waals surface area contributed by atoms with Crippen molar-refractivity contribution in [3.05, 3.63) is 106 Å². The second-order valence-corrected chi connectivity index (χ2v) is 7.50. The van der Waals surface area contributed by atoms with Gasteiger partial charge in [0.1, 0.15) is 0 Å². The molecular weight excluding hydrogens is 364 g/mol. The zero-order chi connectivity index (χ0) is 19.3. The van der Waals surface area contributed by atoms with Crippen molar-refractivity contribution >= 4 is 28.7 Å². The Bertz CT molecular complexity index is 1180. The zero-order valence-electron chi connectivity index (χ0n) is 15.6. The molecule has 0 atom stereocenters. The van der Waals surface area contributed by atoms with E-state index >= 15 is 0 Å². The number of rotatable bonds is 5. The monoisotopic (exact) mass is 384 g/mol. The number of hydrogen-bond donors (Lipinski definition) is 0. The minimum absolute atomic E-state index is 0.0380. The van der Waals surface area contributed by atoms with Crippen LogP contribution >= 0.6 is 11.8 Å². The Labute approximate surface area is 168 Å². The van der Waals surface area contributed by atoms with Gasteiger partial charge in [-0.25, -0.2) is 4.98 Å². The number of aryl methyl sites for hydroxylation is 1. The van der Waals surface area contributed by atoms with E-state index in [1.807, 2.05) is 73.7 Å². The summed E-state index contributed by atoms with van der Waals surface area (Å²) in [5.41, 5.74) is 3.84. The van der Waals surface area contributed by atoms with Crippen molar-refractivity contribution in [2.24, 2.45) is 0 Å². The molecule has 0 amide bonds. The van der Waals surface area contributed by atoms with Gasteiger partial charge in [0.25, 0.3) is 5.56 Å². The van der Waals surface area contributed by atoms with Crippen molar-refractivity contribution in [2.45, 2.75) is 12.1 Å². The normalized spacial score (nSPS) is 11.3. The van der Waals surface area contributed by atoms with Crippen molar-refractivity contribution in [3.8, 4) is 5.69 Å². The van der Waals surface area contributed by atoms with Gasteiger partial charge in [0.05, 0.1) is 16.6 Å². The van der Waals surface area contributed by atoms with Gasteiger partial charge >= 0.3 is 0 Å². The second kappa shape index (κ2) is 8.28. The Balaban J connectivity index is 1.71. The van der Waals surface area contributed by atoms with Crippen LogP contribution in [-0.2, 0) is 0 Å². The van der Waals surface area contributed by atoms with Crippen LogP contribution in [0.3, 0.4) is 0 Å². The van der Waals surface area contributed by atoms with Gasteiger partial charge in [0.2, 0.25) is 0 Å². The third kappa shape index (κ3) is 3.92. The first-order valence-electron chi connectivity index (χ1n) is 9.15. The van der Waals surface area contributed by atoms with E-state index in [0.29, 0.717) is 10.5 Å². The number of fused-ring (bicyclic) bond motifs is 1. The lowest BCUT2D eigenvalue weighted by molar-refractivity contribution is 0.820. The molecule has 0 spiro atoms. The first kappa shape index (κ1) is 18.3. The predicted molar refractivity (Wildman–Crippen MR) is 118 cm³/mol. The molecule has 0 aliphatic rings. The highest BCUT2D eigenvalue weighted by Crippen LogP contribution is 2.22. The highest BCUT2D eigenvalue weighted by molar-refractivity contribution is 7.99. The third-order valence-corrected chi connectivity index (χ3v) is 5.35. The van der Waals surface area contributed by atoms with E-state index < -0.39 is 0 Å². The Morgan fingerprint density at radius 2 is 1.64 bits per heavy atom. The van der Waals surface area contributed by atoms with E-state index in [1.165, 1.54) is 0 Å². The summed E-state index contributed by atoms with van der Waals surface area (Å²) in [7, 11) is 0. The van der Waals surface area contributed by atoms with Crippen LogP contribution < -0.4 is 5.56 Å². The molecule has 0 saturated carbocycles. The molecule has 3 aromatic carbocycles. The van der Waals surface area contributed by atoms with Gasteiger partial charge in [0, 0.05) is 5.75 Å². The van der Waals surface area contributed by atoms with Crippen LogP contribution in [0.4, 0.5) is 0 Å². The topological polar surface area (TPSA) is 34.9 Å². The van der Waals surface area contributed by atoms with Crippen molar-refractivity contribution in [1.29, 1.82) is 0 Å². The molecule has 0 saturated heterocycles. The smallest absolute Gasteiger partial charge is 0.266 e. The van der Waals surface area contributed by atoms with Gasteiger partial charge in [-0.15, -0.1) is 0 Å². The lowest BCUT2D eigenvalue weighted by atomic mass is 10.2. The van der Waals surface area contributed by atoms with Crippen molar-refractivity contribution < 1.29 is 0 Å². The largest absolute Gasteiger partial charge is 0.268 e. The summed E-state index contributed by atoms with van der Waals surface area (Å²) in [6.45, 7) is 2.04. The molecule has 1 heterocycles. The molecule has 0 unspecified atom stereocenters. The summed E-state index contributed by atoms with van der Waals surface area (Å²) in [5, 5.41) is 1.33. The molecule has 28 heavy (non-hydrogen) atoms. The molecule has 4 heteroatoms. The SMILES string of the molecule is Cc1ccc(-n2c(SC/C=C/c3ccccc3)nc3ccccc3c2=O)cc1. The van der Waals surface area contributed by atoms with Crippen molar-refractivity contribution in [3.63, 3.8) is 0 Å². The van der Waals surface area contributed by atoms with Crippen LogP contribution in [0.15, 0.2) is 94.9 Å². The summed E-state index contributed by atoms with van der Waals surface area (Å²) < 4.78 is 1.71. The summed E-state index contributed by atoms with van der Waals surface area (Å²) in [6, 6.07) is 25.7. The van der Waals surface area contributed by atoms with Crippen LogP contribution in [0.2, 0.25) is 0 Å². The van der Waals surface area contributed by atoms with Gasteiger partial charge in [-0.3, -0.25) is 9.36 Å². The fourth-order valence-corrected chi connectivity index (χ4v) is 3.82. The Kier molecular flexibility index (Phi) is 5.40. The first-order valence-corrected chi connectivity index (χ1v) is 10.1. The number of nitrogens with zero attached hydrogens (tertiary/aromatic N) is 2. The summed E-state index contributed by atoms with van der Waals surface area (Å²) in [5.74, 6) is 0.728. The fourth-order valence-electron chi connectivity index (χ4n) is 3.00. The summed E-state index contributed by atoms with van der Waals surface area (Å²) >= 11 is 1.56. The van der Waals surface area contributed by atoms with Crippen LogP contribution in [0.25, 0.3) is 22.7 Å². The first-order chi connectivity index (χ1) is 13.7. The van der Waals surface area contributed by atoms with E-state index in [0.717, 1.165) is 28.1 Å². The lowest BCUT2D eigenvalue weighted by Gasteiger charge is -2.13. The molecule has 4 rings (SSSR count). The highest BCUT2D eigenvalue weighted by Gasteiger charge is 2.12. The van der Waals surface area contributed by atoms with Gasteiger partial charge in [-0.2, -0.15) is 0 Å². The molecule has 0 N–H and O–H groups in total. The van der Waals surface area contributed by atoms with Gasteiger partial charge < -0.3 is 0 Å². The average molecular weight is 385 g/mol. The van der Waals surface area contributed by atoms with Crippen LogP contribution in [0, 0.1) is 6.92 Å². The van der Waals surface area contributed by atoms with Crippen molar-refractivity contribution in [1.82, 2.24) is 9.55 Å². The van der Waals surface area contributed by atoms with Gasteiger partial charge in [-0.05, 0) is 36.8 Å². The van der Waals surface area contributed by atoms with Crippen LogP contribution in [0.5, 0.6) is 0 Å². The Hall–Kier alpha value is -3.11. The Morgan fingerprint density at radius 1 is 0.929 bits per heavy atom. The molecule has 0 aliphatic carbocycles. The molecule has 4 aromatic rings. The summed E-state index contributed by atoms with van der Waals surface area (Å²) in [6.07, 6.45) is 4.18. The Morgan fingerprint density at radius 3 is 2.43 bits per heavy atom. The molecule has 138 valence electrons. The highest BCUT2D eigenvalue weighted by atomic mass is 32.2. The number of aromatic nitrogens is 2. The van der Waals surface area contributed by atoms with Crippen LogP contribution in [0.1, 0.15) is 11.1 Å². The molecule has 0 bridgehead atoms. The number of benzene rings is 3. The van der Waals surface area contributed by atoms with E-state index in [4.69, 9.17) is 4.98 Å². The van der Waals surface area contributed by atoms with E-state index in [9.17, 15) is 4.79 Å². The zero-order valence-corrected chi connectivity index (χ0v) is 16.4. The minimum atomic E-state index is -0.0380. The van der Waals surface area contributed by atoms with E-state index in [2.05, 4.69) is 24.3 Å². The van der Waals surface area contributed by atoms with Gasteiger partial charge in [0.15, 0.2) is 5.16 Å². The predicted octanol–water partition coefficient (Wildman–Crippen LogP) is 5.50. The maximum atomic E-state index is 13.2. The molecule has 1 aromatic heterocycles. The standard InChI is InChI=1S/C24H20N2OS/c1-18-13-15-20(16-14-18)26-23(27)21-11-5-6-12-22(21)25-24(26)28-17-7-10-19-8-3-2-4-9-19/h2-16H,17H2,1H3/b10-7+. The molecule has 3 nitrogen and oxygen atoms in total. The third-order valence-electron chi connectivity index (χ3n) is 4.46. The number of thioether (sulfide) groups is 1. The fraction of sp³-hybridized carbons (Fsp3) is 0.0833. The maximum Gasteiger partial charge on any atom is 0.266 e. The van der Waals surface area contributed by atoms with E-state index in [1.54, 1.807) is 16.3 Å². The minimum Gasteiger partial charge on any atom is -0.268 e. The number of para-hydroxylation sites is 1. The molecule has 0 aliphatic heterocycles. The average Bonchev–Trinajstić information content (AvgIpc) is 2.73. The molecule has 0 fully saturated rings. The maximum absolute atomic E-state index is 13.2. The van der Waals surface area contributed by atoms with Gasteiger partial charge in [-0.1, -0.05) is 84.1 Å². The molecular formula is C24H20N2OS. The number of hydrogen-bond acceptors (Lipinski definition) is 3. The van der Waals surface area contributed by atoms with E-state index in [-0.39, 0.29) is 5.56 Å². The molecule has 0 radical (unpaired) electrons. The quantitative estimate of drug-likeness (QED) is 0.337. The second-order valence-electron chi connectivity index (χ2n) is 6.51. The van der Waals surface area contributed by atoms with Crippen LogP contribution in [-0.4, -0.2) is 15.3 Å². The summed E-state index contributed by atoms with van der Waals surface area (Å²) in [4.78, 5) is 18.0.